The third-order valence-electron chi connectivity index (χ3n) is 3.30. The van der Waals surface area contributed by atoms with Gasteiger partial charge in [-0.15, -0.1) is 6.58 Å². The number of rotatable bonds is 4. The van der Waals surface area contributed by atoms with E-state index in [1.807, 2.05) is 6.08 Å². The number of benzene rings is 1. The van der Waals surface area contributed by atoms with E-state index in [2.05, 4.69) is 16.8 Å². The lowest BCUT2D eigenvalue weighted by atomic mass is 10.0. The van der Waals surface area contributed by atoms with Crippen LogP contribution < -0.4 is 5.32 Å². The van der Waals surface area contributed by atoms with Crippen LogP contribution in [0.2, 0.25) is 5.02 Å². The van der Waals surface area contributed by atoms with Crippen LogP contribution in [0.3, 0.4) is 0 Å². The summed E-state index contributed by atoms with van der Waals surface area (Å²) in [6.45, 7) is 7.53. The molecule has 0 radical (unpaired) electrons. The van der Waals surface area contributed by atoms with E-state index in [-0.39, 0.29) is 11.9 Å². The SMILES string of the molecule is C=CC[C@@H](c1ccc(Cl)cc1F)N1CCNCC1. The molecule has 4 heteroatoms. The van der Waals surface area contributed by atoms with Gasteiger partial charge in [0.2, 0.25) is 0 Å². The van der Waals surface area contributed by atoms with E-state index in [9.17, 15) is 4.39 Å². The van der Waals surface area contributed by atoms with E-state index in [4.69, 9.17) is 11.6 Å². The van der Waals surface area contributed by atoms with E-state index in [1.165, 1.54) is 6.07 Å². The largest absolute Gasteiger partial charge is 0.314 e. The second-order valence-corrected chi connectivity index (χ2v) is 4.93. The zero-order valence-electron chi connectivity index (χ0n) is 10.3. The summed E-state index contributed by atoms with van der Waals surface area (Å²) in [7, 11) is 0. The summed E-state index contributed by atoms with van der Waals surface area (Å²) in [5, 5.41) is 3.74. The van der Waals surface area contributed by atoms with Crippen molar-refractivity contribution >= 4 is 11.6 Å². The predicted molar refractivity (Wildman–Crippen MR) is 73.4 cm³/mol. The van der Waals surface area contributed by atoms with Gasteiger partial charge in [-0.2, -0.15) is 0 Å². The van der Waals surface area contributed by atoms with Gasteiger partial charge >= 0.3 is 0 Å². The number of halogens is 2. The highest BCUT2D eigenvalue weighted by atomic mass is 35.5. The van der Waals surface area contributed by atoms with E-state index in [0.29, 0.717) is 10.6 Å². The Bertz CT molecular complexity index is 416. The van der Waals surface area contributed by atoms with E-state index in [1.54, 1.807) is 12.1 Å². The van der Waals surface area contributed by atoms with E-state index < -0.39 is 0 Å². The van der Waals surface area contributed by atoms with Crippen LogP contribution in [0, 0.1) is 5.82 Å². The molecule has 0 aromatic heterocycles. The van der Waals surface area contributed by atoms with Crippen LogP contribution in [0.1, 0.15) is 18.0 Å². The maximum Gasteiger partial charge on any atom is 0.129 e. The Morgan fingerprint density at radius 3 is 2.78 bits per heavy atom. The zero-order valence-corrected chi connectivity index (χ0v) is 11.1. The molecule has 1 aromatic carbocycles. The van der Waals surface area contributed by atoms with Crippen molar-refractivity contribution < 1.29 is 4.39 Å². The average Bonchev–Trinajstić information content (AvgIpc) is 2.38. The van der Waals surface area contributed by atoms with Gasteiger partial charge in [0.05, 0.1) is 0 Å². The molecule has 0 unspecified atom stereocenters. The molecule has 0 amide bonds. The van der Waals surface area contributed by atoms with Gasteiger partial charge in [-0.1, -0.05) is 23.7 Å². The van der Waals surface area contributed by atoms with Crippen molar-refractivity contribution in [3.63, 3.8) is 0 Å². The third kappa shape index (κ3) is 3.10. The molecule has 0 bridgehead atoms. The van der Waals surface area contributed by atoms with Crippen LogP contribution in [0.15, 0.2) is 30.9 Å². The number of hydrogen-bond acceptors (Lipinski definition) is 2. The Hall–Kier alpha value is -0.900. The molecule has 1 N–H and O–H groups in total. The number of nitrogens with zero attached hydrogens (tertiary/aromatic N) is 1. The van der Waals surface area contributed by atoms with Gasteiger partial charge in [-0.05, 0) is 18.6 Å². The fourth-order valence-electron chi connectivity index (χ4n) is 2.40. The van der Waals surface area contributed by atoms with Crippen molar-refractivity contribution in [2.45, 2.75) is 12.5 Å². The van der Waals surface area contributed by atoms with Gasteiger partial charge in [0, 0.05) is 42.8 Å². The van der Waals surface area contributed by atoms with Crippen LogP contribution in [-0.2, 0) is 0 Å². The lowest BCUT2D eigenvalue weighted by molar-refractivity contribution is 0.171. The molecule has 18 heavy (non-hydrogen) atoms. The first-order chi connectivity index (χ1) is 8.72. The van der Waals surface area contributed by atoms with Crippen molar-refractivity contribution in [1.82, 2.24) is 10.2 Å². The van der Waals surface area contributed by atoms with Crippen molar-refractivity contribution in [1.29, 1.82) is 0 Å². The first-order valence-electron chi connectivity index (χ1n) is 6.23. The molecule has 1 fully saturated rings. The van der Waals surface area contributed by atoms with Gasteiger partial charge in [0.25, 0.3) is 0 Å². The van der Waals surface area contributed by atoms with Crippen molar-refractivity contribution in [3.05, 3.63) is 47.3 Å². The van der Waals surface area contributed by atoms with Gasteiger partial charge in [0.15, 0.2) is 0 Å². The molecule has 1 aliphatic rings. The Balaban J connectivity index is 2.24. The third-order valence-corrected chi connectivity index (χ3v) is 3.54. The zero-order chi connectivity index (χ0) is 13.0. The fraction of sp³-hybridized carbons (Fsp3) is 0.429. The fourth-order valence-corrected chi connectivity index (χ4v) is 2.55. The Kier molecular flexibility index (Phi) is 4.75. The quantitative estimate of drug-likeness (QED) is 0.845. The molecule has 2 rings (SSSR count). The normalized spacial score (nSPS) is 18.6. The summed E-state index contributed by atoms with van der Waals surface area (Å²) in [5.41, 5.74) is 0.709. The molecule has 98 valence electrons. The van der Waals surface area contributed by atoms with Gasteiger partial charge in [-0.25, -0.2) is 4.39 Å². The Morgan fingerprint density at radius 2 is 2.17 bits per heavy atom. The highest BCUT2D eigenvalue weighted by Gasteiger charge is 2.23. The standard InChI is InChI=1S/C14H18ClFN2/c1-2-3-14(18-8-6-17-7-9-18)12-5-4-11(15)10-13(12)16/h2,4-5,10,14,17H,1,3,6-9H2/t14-/m0/s1. The Labute approximate surface area is 112 Å². The van der Waals surface area contributed by atoms with Gasteiger partial charge in [0.1, 0.15) is 5.82 Å². The summed E-state index contributed by atoms with van der Waals surface area (Å²) >= 11 is 5.80. The first-order valence-corrected chi connectivity index (χ1v) is 6.61. The number of piperazine rings is 1. The summed E-state index contributed by atoms with van der Waals surface area (Å²) < 4.78 is 14.0. The predicted octanol–water partition coefficient (Wildman–Crippen LogP) is 3.00. The molecule has 1 heterocycles. The first kappa shape index (κ1) is 13.5. The molecule has 0 aliphatic carbocycles. The lowest BCUT2D eigenvalue weighted by Gasteiger charge is -2.35. The van der Waals surface area contributed by atoms with Crippen molar-refractivity contribution in [2.75, 3.05) is 26.2 Å². The van der Waals surface area contributed by atoms with E-state index in [0.717, 1.165) is 32.6 Å². The minimum atomic E-state index is -0.229. The second kappa shape index (κ2) is 6.32. The van der Waals surface area contributed by atoms with Gasteiger partial charge in [-0.3, -0.25) is 4.90 Å². The van der Waals surface area contributed by atoms with Gasteiger partial charge < -0.3 is 5.32 Å². The molecule has 2 nitrogen and oxygen atoms in total. The van der Waals surface area contributed by atoms with Crippen LogP contribution in [0.25, 0.3) is 0 Å². The lowest BCUT2D eigenvalue weighted by Crippen LogP contribution is -2.45. The summed E-state index contributed by atoms with van der Waals surface area (Å²) in [4.78, 5) is 2.30. The molecule has 0 saturated carbocycles. The minimum Gasteiger partial charge on any atom is -0.314 e. The molecular formula is C14H18ClFN2. The summed E-state index contributed by atoms with van der Waals surface area (Å²) in [6, 6.07) is 4.98. The average molecular weight is 269 g/mol. The molecule has 1 saturated heterocycles. The maximum absolute atomic E-state index is 14.0. The smallest absolute Gasteiger partial charge is 0.129 e. The van der Waals surface area contributed by atoms with E-state index >= 15 is 0 Å². The maximum atomic E-state index is 14.0. The molecular weight excluding hydrogens is 251 g/mol. The molecule has 0 spiro atoms. The highest BCUT2D eigenvalue weighted by molar-refractivity contribution is 6.30. The van der Waals surface area contributed by atoms with Crippen LogP contribution in [-0.4, -0.2) is 31.1 Å². The second-order valence-electron chi connectivity index (χ2n) is 4.49. The number of nitrogens with one attached hydrogen (secondary N) is 1. The van der Waals surface area contributed by atoms with Crippen LogP contribution >= 0.6 is 11.6 Å². The number of hydrogen-bond donors (Lipinski definition) is 1. The van der Waals surface area contributed by atoms with Crippen LogP contribution in [0.5, 0.6) is 0 Å². The summed E-state index contributed by atoms with van der Waals surface area (Å²) in [5.74, 6) is -0.229. The molecule has 1 aliphatic heterocycles. The van der Waals surface area contributed by atoms with Crippen LogP contribution in [0.4, 0.5) is 4.39 Å². The highest BCUT2D eigenvalue weighted by Crippen LogP contribution is 2.28. The van der Waals surface area contributed by atoms with Crippen molar-refractivity contribution in [3.8, 4) is 0 Å². The Morgan fingerprint density at radius 1 is 1.44 bits per heavy atom. The summed E-state index contributed by atoms with van der Waals surface area (Å²) in [6.07, 6.45) is 2.60. The topological polar surface area (TPSA) is 15.3 Å². The monoisotopic (exact) mass is 268 g/mol. The van der Waals surface area contributed by atoms with Crippen molar-refractivity contribution in [2.24, 2.45) is 0 Å². The minimum absolute atomic E-state index is 0.0573. The molecule has 1 aromatic rings. The molecule has 1 atom stereocenters.